The lowest BCUT2D eigenvalue weighted by molar-refractivity contribution is 0.0926. The number of hydrogen-bond donors (Lipinski definition) is 1. The second-order valence-electron chi connectivity index (χ2n) is 7.68. The molecule has 0 aliphatic carbocycles. The molecule has 5 rings (SSSR count). The van der Waals surface area contributed by atoms with Crippen LogP contribution in [-0.2, 0) is 25.9 Å². The summed E-state index contributed by atoms with van der Waals surface area (Å²) in [6, 6.07) is 13.7. The molecule has 1 aliphatic heterocycles. The second-order valence-corrected chi connectivity index (χ2v) is 7.68. The maximum Gasteiger partial charge on any atom is 0.286 e. The first-order valence-electron chi connectivity index (χ1n) is 10.6. The molecule has 0 spiro atoms. The van der Waals surface area contributed by atoms with Gasteiger partial charge < -0.3 is 14.3 Å². The molecule has 0 saturated heterocycles. The van der Waals surface area contributed by atoms with E-state index in [-0.39, 0.29) is 5.91 Å². The lowest BCUT2D eigenvalue weighted by atomic mass is 10.1. The van der Waals surface area contributed by atoms with E-state index in [1.807, 2.05) is 12.3 Å². The maximum absolute atomic E-state index is 12.0. The van der Waals surface area contributed by atoms with Gasteiger partial charge in [0.1, 0.15) is 11.6 Å². The van der Waals surface area contributed by atoms with E-state index < -0.39 is 0 Å². The number of benzene rings is 1. The second kappa shape index (κ2) is 8.69. The zero-order valence-electron chi connectivity index (χ0n) is 17.2. The number of rotatable bonds is 6. The molecule has 158 valence electrons. The average Bonchev–Trinajstić information content (AvgIpc) is 3.42. The standard InChI is InChI=1S/C23H24N6O2/c30-23(20-6-3-15-31-20)25-11-8-21-26-27-22-9-12-28(13-14-29(21)22)16-17-7-10-24-19-5-2-1-4-18(17)19/h1-7,10,15H,8-9,11-14,16H2,(H,25,30). The van der Waals surface area contributed by atoms with Crippen molar-refractivity contribution in [2.75, 3.05) is 19.6 Å². The Labute approximate surface area is 179 Å². The minimum atomic E-state index is -0.212. The molecule has 0 bridgehead atoms. The van der Waals surface area contributed by atoms with Crippen molar-refractivity contribution >= 4 is 16.8 Å². The first kappa shape index (κ1) is 19.4. The number of carbonyl (C=O) groups excluding carboxylic acids is 1. The van der Waals surface area contributed by atoms with Crippen LogP contribution in [0.25, 0.3) is 10.9 Å². The Kier molecular flexibility index (Phi) is 5.45. The van der Waals surface area contributed by atoms with E-state index in [1.54, 1.807) is 12.1 Å². The molecular weight excluding hydrogens is 392 g/mol. The summed E-state index contributed by atoms with van der Waals surface area (Å²) >= 11 is 0. The molecule has 0 atom stereocenters. The number of fused-ring (bicyclic) bond motifs is 2. The molecule has 4 heterocycles. The van der Waals surface area contributed by atoms with Gasteiger partial charge in [-0.3, -0.25) is 14.7 Å². The van der Waals surface area contributed by atoms with Gasteiger partial charge in [-0.15, -0.1) is 10.2 Å². The van der Waals surface area contributed by atoms with Crippen molar-refractivity contribution in [3.8, 4) is 0 Å². The lowest BCUT2D eigenvalue weighted by Gasteiger charge is -2.20. The van der Waals surface area contributed by atoms with E-state index >= 15 is 0 Å². The number of carbonyl (C=O) groups is 1. The summed E-state index contributed by atoms with van der Waals surface area (Å²) in [6.45, 7) is 4.07. The summed E-state index contributed by atoms with van der Waals surface area (Å²) in [5, 5.41) is 12.8. The topological polar surface area (TPSA) is 89.1 Å². The number of nitrogens with one attached hydrogen (secondary N) is 1. The van der Waals surface area contributed by atoms with Crippen LogP contribution in [0.1, 0.15) is 27.8 Å². The fourth-order valence-electron chi connectivity index (χ4n) is 4.09. The van der Waals surface area contributed by atoms with Crippen molar-refractivity contribution in [3.63, 3.8) is 0 Å². The van der Waals surface area contributed by atoms with Gasteiger partial charge in [-0.25, -0.2) is 0 Å². The highest BCUT2D eigenvalue weighted by molar-refractivity contribution is 5.91. The van der Waals surface area contributed by atoms with Crippen LogP contribution >= 0.6 is 0 Å². The SMILES string of the molecule is O=C(NCCc1nnc2n1CCN(Cc1ccnc3ccccc13)CC2)c1ccco1. The molecule has 4 aromatic rings. The smallest absolute Gasteiger partial charge is 0.286 e. The first-order valence-corrected chi connectivity index (χ1v) is 10.6. The summed E-state index contributed by atoms with van der Waals surface area (Å²) in [7, 11) is 0. The van der Waals surface area contributed by atoms with Gasteiger partial charge >= 0.3 is 0 Å². The van der Waals surface area contributed by atoms with Gasteiger partial charge in [0.15, 0.2) is 5.76 Å². The summed E-state index contributed by atoms with van der Waals surface area (Å²) in [5.41, 5.74) is 2.33. The van der Waals surface area contributed by atoms with E-state index in [4.69, 9.17) is 4.42 Å². The van der Waals surface area contributed by atoms with Crippen molar-refractivity contribution in [2.24, 2.45) is 0 Å². The van der Waals surface area contributed by atoms with Gasteiger partial charge in [0.25, 0.3) is 5.91 Å². The lowest BCUT2D eigenvalue weighted by Crippen LogP contribution is -2.28. The number of nitrogens with zero attached hydrogens (tertiary/aromatic N) is 5. The largest absolute Gasteiger partial charge is 0.459 e. The van der Waals surface area contributed by atoms with Crippen LogP contribution in [-0.4, -0.2) is 50.2 Å². The van der Waals surface area contributed by atoms with Crippen molar-refractivity contribution < 1.29 is 9.21 Å². The summed E-state index contributed by atoms with van der Waals surface area (Å²) < 4.78 is 7.32. The Morgan fingerprint density at radius 3 is 2.90 bits per heavy atom. The number of hydrogen-bond acceptors (Lipinski definition) is 6. The molecule has 0 radical (unpaired) electrons. The zero-order chi connectivity index (χ0) is 21.0. The highest BCUT2D eigenvalue weighted by Gasteiger charge is 2.19. The molecule has 0 saturated carbocycles. The van der Waals surface area contributed by atoms with Gasteiger partial charge in [0.2, 0.25) is 0 Å². The van der Waals surface area contributed by atoms with Gasteiger partial charge in [0, 0.05) is 57.1 Å². The van der Waals surface area contributed by atoms with Crippen molar-refractivity contribution in [3.05, 3.63) is 77.9 Å². The zero-order valence-corrected chi connectivity index (χ0v) is 17.2. The van der Waals surface area contributed by atoms with Gasteiger partial charge in [-0.1, -0.05) is 18.2 Å². The number of furan rings is 1. The molecule has 1 aliphatic rings. The Morgan fingerprint density at radius 1 is 1.06 bits per heavy atom. The van der Waals surface area contributed by atoms with Gasteiger partial charge in [0.05, 0.1) is 11.8 Å². The highest BCUT2D eigenvalue weighted by Crippen LogP contribution is 2.19. The third kappa shape index (κ3) is 4.20. The molecule has 1 N–H and O–H groups in total. The fourth-order valence-corrected chi connectivity index (χ4v) is 4.09. The van der Waals surface area contributed by atoms with Crippen LogP contribution < -0.4 is 5.32 Å². The summed E-state index contributed by atoms with van der Waals surface area (Å²) in [6.07, 6.45) is 4.87. The molecule has 3 aromatic heterocycles. The number of aromatic nitrogens is 4. The Hall–Kier alpha value is -3.52. The van der Waals surface area contributed by atoms with E-state index in [9.17, 15) is 4.79 Å². The van der Waals surface area contributed by atoms with Crippen LogP contribution in [0.4, 0.5) is 0 Å². The predicted molar refractivity (Wildman–Crippen MR) is 115 cm³/mol. The minimum absolute atomic E-state index is 0.212. The number of amides is 1. The molecule has 8 heteroatoms. The van der Waals surface area contributed by atoms with Crippen LogP contribution in [0.3, 0.4) is 0 Å². The normalized spacial score (nSPS) is 14.3. The minimum Gasteiger partial charge on any atom is -0.459 e. The highest BCUT2D eigenvalue weighted by atomic mass is 16.3. The first-order chi connectivity index (χ1) is 15.3. The van der Waals surface area contributed by atoms with Crippen LogP contribution in [0.5, 0.6) is 0 Å². The number of pyridine rings is 1. The molecular formula is C23H24N6O2. The van der Waals surface area contributed by atoms with Crippen molar-refractivity contribution in [2.45, 2.75) is 25.9 Å². The van der Waals surface area contributed by atoms with E-state index in [1.165, 1.54) is 17.2 Å². The van der Waals surface area contributed by atoms with Gasteiger partial charge in [-0.05, 0) is 29.8 Å². The van der Waals surface area contributed by atoms with Gasteiger partial charge in [-0.2, -0.15) is 0 Å². The third-order valence-corrected chi connectivity index (χ3v) is 5.71. The third-order valence-electron chi connectivity index (χ3n) is 5.71. The summed E-state index contributed by atoms with van der Waals surface area (Å²) in [5.74, 6) is 2.02. The van der Waals surface area contributed by atoms with Crippen LogP contribution in [0.2, 0.25) is 0 Å². The molecule has 1 amide bonds. The van der Waals surface area contributed by atoms with E-state index in [0.717, 1.165) is 49.8 Å². The molecule has 0 unspecified atom stereocenters. The summed E-state index contributed by atoms with van der Waals surface area (Å²) in [4.78, 5) is 19.0. The predicted octanol–water partition coefficient (Wildman–Crippen LogP) is 2.45. The quantitative estimate of drug-likeness (QED) is 0.519. The van der Waals surface area contributed by atoms with Crippen LogP contribution in [0.15, 0.2) is 59.3 Å². The Morgan fingerprint density at radius 2 is 2.00 bits per heavy atom. The maximum atomic E-state index is 12.0. The Bertz CT molecular complexity index is 1180. The molecule has 0 fully saturated rings. The van der Waals surface area contributed by atoms with E-state index in [2.05, 4.69) is 54.2 Å². The fraction of sp³-hybridized carbons (Fsp3) is 0.304. The Balaban J connectivity index is 1.21. The van der Waals surface area contributed by atoms with Crippen molar-refractivity contribution in [1.29, 1.82) is 0 Å². The van der Waals surface area contributed by atoms with Crippen molar-refractivity contribution in [1.82, 2.24) is 30.0 Å². The molecule has 1 aromatic carbocycles. The molecule has 8 nitrogen and oxygen atoms in total. The monoisotopic (exact) mass is 416 g/mol. The van der Waals surface area contributed by atoms with E-state index in [0.29, 0.717) is 18.7 Å². The van der Waals surface area contributed by atoms with Crippen LogP contribution in [0, 0.1) is 0 Å². The number of para-hydroxylation sites is 1. The average molecular weight is 416 g/mol. The molecule has 31 heavy (non-hydrogen) atoms.